The van der Waals surface area contributed by atoms with Crippen LogP contribution < -0.4 is 15.2 Å². The Morgan fingerprint density at radius 1 is 1.14 bits per heavy atom. The molecule has 5 nitrogen and oxygen atoms in total. The molecule has 4 rings (SSSR count). The average molecular weight is 418 g/mol. The van der Waals surface area contributed by atoms with E-state index in [9.17, 15) is 9.18 Å². The summed E-state index contributed by atoms with van der Waals surface area (Å²) in [5.41, 5.74) is 0.685. The van der Waals surface area contributed by atoms with Crippen molar-refractivity contribution in [3.05, 3.63) is 81.2 Å². The van der Waals surface area contributed by atoms with E-state index in [0.29, 0.717) is 17.7 Å². The van der Waals surface area contributed by atoms with Crippen molar-refractivity contribution in [2.24, 2.45) is 7.05 Å². The van der Waals surface area contributed by atoms with Crippen LogP contribution in [0.1, 0.15) is 0 Å². The maximum absolute atomic E-state index is 14.5. The predicted molar refractivity (Wildman–Crippen MR) is 109 cm³/mol. The van der Waals surface area contributed by atoms with Crippen molar-refractivity contribution >= 4 is 39.8 Å². The van der Waals surface area contributed by atoms with E-state index in [1.807, 2.05) is 29.3 Å². The number of benzene rings is 2. The van der Waals surface area contributed by atoms with Gasteiger partial charge in [0.15, 0.2) is 11.6 Å². The molecule has 28 heavy (non-hydrogen) atoms. The lowest BCUT2D eigenvalue weighted by Crippen LogP contribution is -2.18. The van der Waals surface area contributed by atoms with Gasteiger partial charge in [0.25, 0.3) is 5.56 Å². The Bertz CT molecular complexity index is 1200. The van der Waals surface area contributed by atoms with E-state index in [1.54, 1.807) is 19.2 Å². The van der Waals surface area contributed by atoms with Crippen LogP contribution in [0.4, 0.5) is 10.1 Å². The Balaban J connectivity index is 1.80. The van der Waals surface area contributed by atoms with Gasteiger partial charge in [0.05, 0.1) is 27.9 Å². The molecule has 142 valence electrons. The van der Waals surface area contributed by atoms with E-state index in [0.717, 1.165) is 0 Å². The zero-order chi connectivity index (χ0) is 19.8. The Morgan fingerprint density at radius 2 is 1.96 bits per heavy atom. The van der Waals surface area contributed by atoms with Gasteiger partial charge in [-0.05, 0) is 30.3 Å². The van der Waals surface area contributed by atoms with E-state index in [2.05, 4.69) is 4.98 Å². The molecule has 8 heteroatoms. The van der Waals surface area contributed by atoms with Crippen LogP contribution in [0.2, 0.25) is 10.0 Å². The third kappa shape index (κ3) is 3.15. The number of fused-ring (bicyclic) bond motifs is 1. The zero-order valence-electron chi connectivity index (χ0n) is 14.7. The molecular weight excluding hydrogens is 404 g/mol. The highest BCUT2D eigenvalue weighted by Crippen LogP contribution is 2.42. The van der Waals surface area contributed by atoms with Crippen LogP contribution in [0.25, 0.3) is 10.9 Å². The highest BCUT2D eigenvalue weighted by Gasteiger charge is 2.20. The molecule has 0 amide bonds. The lowest BCUT2D eigenvalue weighted by atomic mass is 10.2. The minimum absolute atomic E-state index is 0.0490. The fourth-order valence-electron chi connectivity index (χ4n) is 2.91. The van der Waals surface area contributed by atoms with E-state index >= 15 is 0 Å². The molecule has 1 aliphatic rings. The number of halogens is 3. The summed E-state index contributed by atoms with van der Waals surface area (Å²) in [6, 6.07) is 5.97. The summed E-state index contributed by atoms with van der Waals surface area (Å²) in [5.74, 6) is -0.684. The standard InChI is InChI=1S/C20H14Cl2FN3O2/c1-25-11-24-13-6-8-15(18(22)16(13)20(25)27)28-19-12(23)5-7-14(17(19)21)26-9-3-2-4-10-26/h2-9,11H,10H2,1H3. The van der Waals surface area contributed by atoms with Crippen molar-refractivity contribution < 1.29 is 9.13 Å². The number of aryl methyl sites for hydroxylation is 1. The topological polar surface area (TPSA) is 47.4 Å². The third-order valence-electron chi connectivity index (χ3n) is 4.35. The first-order valence-corrected chi connectivity index (χ1v) is 9.12. The van der Waals surface area contributed by atoms with E-state index in [4.69, 9.17) is 27.9 Å². The fraction of sp³-hybridized carbons (Fsp3) is 0.100. The van der Waals surface area contributed by atoms with E-state index in [-0.39, 0.29) is 32.5 Å². The minimum atomic E-state index is -0.638. The number of allylic oxidation sites excluding steroid dienone is 2. The second-order valence-electron chi connectivity index (χ2n) is 6.17. The summed E-state index contributed by atoms with van der Waals surface area (Å²) in [7, 11) is 1.57. The van der Waals surface area contributed by atoms with Crippen LogP contribution in [0, 0.1) is 5.82 Å². The van der Waals surface area contributed by atoms with Crippen molar-refractivity contribution in [3.63, 3.8) is 0 Å². The molecule has 3 aromatic rings. The Hall–Kier alpha value is -2.83. The summed E-state index contributed by atoms with van der Waals surface area (Å²) in [4.78, 5) is 18.4. The summed E-state index contributed by atoms with van der Waals surface area (Å²) in [6.45, 7) is 0.597. The Kier molecular flexibility index (Phi) is 4.83. The molecule has 0 atom stereocenters. The van der Waals surface area contributed by atoms with Crippen molar-refractivity contribution in [2.45, 2.75) is 0 Å². The van der Waals surface area contributed by atoms with Gasteiger partial charge in [-0.25, -0.2) is 9.37 Å². The molecule has 2 aromatic carbocycles. The molecular formula is C20H14Cl2FN3O2. The number of hydrogen-bond acceptors (Lipinski definition) is 4. The van der Waals surface area contributed by atoms with Gasteiger partial charge in [0, 0.05) is 19.8 Å². The maximum Gasteiger partial charge on any atom is 0.262 e. The van der Waals surface area contributed by atoms with Crippen LogP contribution in [-0.2, 0) is 7.05 Å². The van der Waals surface area contributed by atoms with Crippen molar-refractivity contribution in [1.82, 2.24) is 9.55 Å². The van der Waals surface area contributed by atoms with Crippen LogP contribution in [-0.4, -0.2) is 16.1 Å². The lowest BCUT2D eigenvalue weighted by Gasteiger charge is -2.23. The van der Waals surface area contributed by atoms with Gasteiger partial charge in [0.1, 0.15) is 10.8 Å². The zero-order valence-corrected chi connectivity index (χ0v) is 16.2. The minimum Gasteiger partial charge on any atom is -0.451 e. The quantitative estimate of drug-likeness (QED) is 0.597. The summed E-state index contributed by atoms with van der Waals surface area (Å²) in [5, 5.41) is 0.351. The summed E-state index contributed by atoms with van der Waals surface area (Å²) in [6.07, 6.45) is 8.95. The first-order chi connectivity index (χ1) is 13.5. The number of nitrogens with zero attached hydrogens (tertiary/aromatic N) is 3. The molecule has 0 N–H and O–H groups in total. The first kappa shape index (κ1) is 18.5. The molecule has 1 aromatic heterocycles. The lowest BCUT2D eigenvalue weighted by molar-refractivity contribution is 0.443. The maximum atomic E-state index is 14.5. The summed E-state index contributed by atoms with van der Waals surface area (Å²) < 4.78 is 21.5. The van der Waals surface area contributed by atoms with E-state index in [1.165, 1.54) is 23.0 Å². The highest BCUT2D eigenvalue weighted by molar-refractivity contribution is 6.37. The SMILES string of the molecule is Cn1cnc2ccc(Oc3c(F)ccc(N4C=CC=CC4)c3Cl)c(Cl)c2c1=O. The van der Waals surface area contributed by atoms with Gasteiger partial charge in [0.2, 0.25) is 0 Å². The second-order valence-corrected chi connectivity index (χ2v) is 6.92. The van der Waals surface area contributed by atoms with Crippen molar-refractivity contribution in [3.8, 4) is 11.5 Å². The van der Waals surface area contributed by atoms with Gasteiger partial charge >= 0.3 is 0 Å². The smallest absolute Gasteiger partial charge is 0.262 e. The second kappa shape index (κ2) is 7.30. The third-order valence-corrected chi connectivity index (χ3v) is 5.09. The molecule has 0 unspecified atom stereocenters. The molecule has 0 radical (unpaired) electrons. The molecule has 0 saturated heterocycles. The number of ether oxygens (including phenoxy) is 1. The molecule has 0 spiro atoms. The normalized spacial score (nSPS) is 13.4. The first-order valence-electron chi connectivity index (χ1n) is 8.37. The molecule has 0 bridgehead atoms. The van der Waals surface area contributed by atoms with Crippen molar-refractivity contribution in [2.75, 3.05) is 11.4 Å². The van der Waals surface area contributed by atoms with Gasteiger partial charge in [-0.2, -0.15) is 0 Å². The summed E-state index contributed by atoms with van der Waals surface area (Å²) >= 11 is 12.8. The molecule has 0 saturated carbocycles. The van der Waals surface area contributed by atoms with Crippen LogP contribution in [0.3, 0.4) is 0 Å². The average Bonchev–Trinajstić information content (AvgIpc) is 2.70. The Morgan fingerprint density at radius 3 is 2.71 bits per heavy atom. The number of aromatic nitrogens is 2. The Labute approximate surface area is 169 Å². The number of hydrogen-bond donors (Lipinski definition) is 0. The van der Waals surface area contributed by atoms with Gasteiger partial charge in [-0.15, -0.1) is 0 Å². The van der Waals surface area contributed by atoms with Gasteiger partial charge < -0.3 is 14.2 Å². The van der Waals surface area contributed by atoms with Gasteiger partial charge in [-0.3, -0.25) is 4.79 Å². The predicted octanol–water partition coefficient (Wildman–Crippen LogP) is 5.06. The highest BCUT2D eigenvalue weighted by atomic mass is 35.5. The van der Waals surface area contributed by atoms with Crippen LogP contribution >= 0.6 is 23.2 Å². The molecule has 0 fully saturated rings. The number of anilines is 1. The monoisotopic (exact) mass is 417 g/mol. The molecule has 1 aliphatic heterocycles. The number of rotatable bonds is 3. The van der Waals surface area contributed by atoms with Crippen molar-refractivity contribution in [1.29, 1.82) is 0 Å². The van der Waals surface area contributed by atoms with Gasteiger partial charge in [-0.1, -0.05) is 35.4 Å². The molecule has 0 aliphatic carbocycles. The van der Waals surface area contributed by atoms with E-state index < -0.39 is 5.82 Å². The van der Waals surface area contributed by atoms with Crippen LogP contribution in [0.15, 0.2) is 59.8 Å². The fourth-order valence-corrected chi connectivity index (χ4v) is 3.49. The molecule has 2 heterocycles. The van der Waals surface area contributed by atoms with Crippen LogP contribution in [0.5, 0.6) is 11.5 Å². The largest absolute Gasteiger partial charge is 0.451 e.